The summed E-state index contributed by atoms with van der Waals surface area (Å²) in [7, 11) is 0. The number of thiol groups is 1. The Morgan fingerprint density at radius 3 is 2.26 bits per heavy atom. The van der Waals surface area contributed by atoms with Gasteiger partial charge in [-0.1, -0.05) is 0 Å². The monoisotopic (exact) mass is 286 g/mol. The molecule has 1 aromatic rings. The fraction of sp³-hybridized carbons (Fsp3) is 0.333. The summed E-state index contributed by atoms with van der Waals surface area (Å²) in [6.07, 6.45) is -2.53. The van der Waals surface area contributed by atoms with Crippen molar-refractivity contribution >= 4 is 24.6 Å². The molecule has 0 radical (unpaired) electrons. The summed E-state index contributed by atoms with van der Waals surface area (Å²) in [4.78, 5) is 21.9. The van der Waals surface area contributed by atoms with E-state index in [1.54, 1.807) is 0 Å². The SMILES string of the molecule is O=C(O)c1ccc(C(=O)O)c(C(O)C(O)CCS)c1. The van der Waals surface area contributed by atoms with Crippen LogP contribution >= 0.6 is 12.6 Å². The molecule has 19 heavy (non-hydrogen) atoms. The molecular formula is C12H14O6S. The Morgan fingerprint density at radius 2 is 1.79 bits per heavy atom. The highest BCUT2D eigenvalue weighted by molar-refractivity contribution is 7.80. The van der Waals surface area contributed by atoms with Gasteiger partial charge >= 0.3 is 11.9 Å². The minimum atomic E-state index is -1.47. The van der Waals surface area contributed by atoms with Gasteiger partial charge in [0, 0.05) is 0 Å². The number of aliphatic hydroxyl groups is 2. The molecule has 0 bridgehead atoms. The third kappa shape index (κ3) is 3.69. The van der Waals surface area contributed by atoms with Crippen LogP contribution in [0.3, 0.4) is 0 Å². The van der Waals surface area contributed by atoms with Gasteiger partial charge in [0.2, 0.25) is 0 Å². The second kappa shape index (κ2) is 6.55. The van der Waals surface area contributed by atoms with Crippen molar-refractivity contribution in [3.8, 4) is 0 Å². The Bertz CT molecular complexity index is 487. The van der Waals surface area contributed by atoms with Crippen molar-refractivity contribution in [2.75, 3.05) is 5.75 Å². The molecule has 2 unspecified atom stereocenters. The van der Waals surface area contributed by atoms with Crippen molar-refractivity contribution in [1.82, 2.24) is 0 Å². The molecule has 2 atom stereocenters. The maximum Gasteiger partial charge on any atom is 0.336 e. The second-order valence-electron chi connectivity index (χ2n) is 3.94. The molecule has 6 nitrogen and oxygen atoms in total. The number of carbonyl (C=O) groups is 2. The van der Waals surface area contributed by atoms with E-state index in [2.05, 4.69) is 12.6 Å². The van der Waals surface area contributed by atoms with Crippen molar-refractivity contribution in [1.29, 1.82) is 0 Å². The van der Waals surface area contributed by atoms with Gasteiger partial charge in [-0.15, -0.1) is 0 Å². The molecular weight excluding hydrogens is 272 g/mol. The van der Waals surface area contributed by atoms with Crippen LogP contribution in [0, 0.1) is 0 Å². The summed E-state index contributed by atoms with van der Waals surface area (Å²) in [6.45, 7) is 0. The molecule has 4 N–H and O–H groups in total. The lowest BCUT2D eigenvalue weighted by Crippen LogP contribution is -2.21. The summed E-state index contributed by atoms with van der Waals surface area (Å²) in [5.41, 5.74) is -0.519. The largest absolute Gasteiger partial charge is 0.478 e. The molecule has 0 heterocycles. The molecule has 0 saturated carbocycles. The van der Waals surface area contributed by atoms with E-state index in [9.17, 15) is 19.8 Å². The van der Waals surface area contributed by atoms with Gasteiger partial charge in [0.05, 0.1) is 17.2 Å². The minimum Gasteiger partial charge on any atom is -0.478 e. The molecule has 1 rings (SSSR count). The Kier molecular flexibility index (Phi) is 5.34. The summed E-state index contributed by atoms with van der Waals surface area (Å²) >= 11 is 3.90. The lowest BCUT2D eigenvalue weighted by Gasteiger charge is -2.19. The minimum absolute atomic E-state index is 0.123. The number of hydrogen-bond donors (Lipinski definition) is 5. The van der Waals surface area contributed by atoms with Crippen molar-refractivity contribution in [3.05, 3.63) is 34.9 Å². The molecule has 0 spiro atoms. The van der Waals surface area contributed by atoms with E-state index in [0.29, 0.717) is 5.75 Å². The van der Waals surface area contributed by atoms with Gasteiger partial charge in [0.15, 0.2) is 0 Å². The summed E-state index contributed by atoms with van der Waals surface area (Å²) in [5, 5.41) is 37.4. The zero-order chi connectivity index (χ0) is 14.6. The van der Waals surface area contributed by atoms with Crippen molar-refractivity contribution in [2.45, 2.75) is 18.6 Å². The molecule has 7 heteroatoms. The third-order valence-electron chi connectivity index (χ3n) is 2.64. The Labute approximate surface area is 114 Å². The van der Waals surface area contributed by atoms with Crippen molar-refractivity contribution in [3.63, 3.8) is 0 Å². The fourth-order valence-electron chi connectivity index (χ4n) is 1.63. The first-order chi connectivity index (χ1) is 8.88. The molecule has 0 aliphatic heterocycles. The average molecular weight is 286 g/mol. The van der Waals surface area contributed by atoms with Gasteiger partial charge < -0.3 is 20.4 Å². The number of benzene rings is 1. The van der Waals surface area contributed by atoms with Gasteiger partial charge in [-0.2, -0.15) is 12.6 Å². The standard InChI is InChI=1S/C12H14O6S/c13-9(3-4-19)10(14)8-5-6(11(15)16)1-2-7(8)12(17)18/h1-2,5,9-10,13-14,19H,3-4H2,(H,15,16)(H,17,18). The van der Waals surface area contributed by atoms with Gasteiger partial charge in [0.25, 0.3) is 0 Å². The number of hydrogen-bond acceptors (Lipinski definition) is 5. The van der Waals surface area contributed by atoms with Crippen LogP contribution in [-0.2, 0) is 0 Å². The fourth-order valence-corrected chi connectivity index (χ4v) is 1.90. The highest BCUT2D eigenvalue weighted by atomic mass is 32.1. The smallest absolute Gasteiger partial charge is 0.336 e. The lowest BCUT2D eigenvalue weighted by molar-refractivity contribution is 0.0161. The maximum absolute atomic E-state index is 11.0. The van der Waals surface area contributed by atoms with Crippen LogP contribution in [0.1, 0.15) is 38.8 Å². The zero-order valence-electron chi connectivity index (χ0n) is 9.85. The lowest BCUT2D eigenvalue weighted by atomic mass is 9.95. The van der Waals surface area contributed by atoms with Crippen molar-refractivity contribution < 1.29 is 30.0 Å². The van der Waals surface area contributed by atoms with Gasteiger partial charge in [-0.25, -0.2) is 9.59 Å². The first-order valence-corrected chi connectivity index (χ1v) is 6.09. The summed E-state index contributed by atoms with van der Waals surface area (Å²) in [5.74, 6) is -2.24. The molecule has 104 valence electrons. The molecule has 0 aliphatic carbocycles. The number of carboxylic acids is 2. The van der Waals surface area contributed by atoms with E-state index in [4.69, 9.17) is 10.2 Å². The summed E-state index contributed by atoms with van der Waals surface area (Å²) in [6, 6.07) is 3.28. The number of carboxylic acid groups (broad SMARTS) is 2. The predicted octanol–water partition coefficient (Wildman–Crippen LogP) is 0.797. The number of rotatable bonds is 6. The second-order valence-corrected chi connectivity index (χ2v) is 4.38. The van der Waals surface area contributed by atoms with E-state index in [1.807, 2.05) is 0 Å². The molecule has 0 aliphatic rings. The molecule has 0 amide bonds. The van der Waals surface area contributed by atoms with Crippen LogP contribution in [-0.4, -0.2) is 44.2 Å². The normalized spacial score (nSPS) is 13.8. The molecule has 1 aromatic carbocycles. The summed E-state index contributed by atoms with van der Waals surface area (Å²) < 4.78 is 0. The number of aromatic carboxylic acids is 2. The maximum atomic E-state index is 11.0. The van der Waals surface area contributed by atoms with Crippen LogP contribution in [0.4, 0.5) is 0 Å². The van der Waals surface area contributed by atoms with Crippen LogP contribution in [0.25, 0.3) is 0 Å². The average Bonchev–Trinajstić information content (AvgIpc) is 2.37. The Hall–Kier alpha value is -1.57. The topological polar surface area (TPSA) is 115 Å². The Balaban J connectivity index is 3.24. The van der Waals surface area contributed by atoms with Crippen LogP contribution in [0.2, 0.25) is 0 Å². The van der Waals surface area contributed by atoms with E-state index < -0.39 is 24.1 Å². The highest BCUT2D eigenvalue weighted by Gasteiger charge is 2.24. The first kappa shape index (κ1) is 15.5. The quantitative estimate of drug-likeness (QED) is 0.494. The molecule has 0 saturated heterocycles. The first-order valence-electron chi connectivity index (χ1n) is 5.46. The van der Waals surface area contributed by atoms with Crippen molar-refractivity contribution in [2.24, 2.45) is 0 Å². The Morgan fingerprint density at radius 1 is 1.16 bits per heavy atom. The highest BCUT2D eigenvalue weighted by Crippen LogP contribution is 2.24. The zero-order valence-corrected chi connectivity index (χ0v) is 10.7. The van der Waals surface area contributed by atoms with Crippen LogP contribution < -0.4 is 0 Å². The van der Waals surface area contributed by atoms with E-state index >= 15 is 0 Å². The van der Waals surface area contributed by atoms with Gasteiger partial charge in [-0.05, 0) is 35.9 Å². The van der Waals surface area contributed by atoms with E-state index in [1.165, 1.54) is 0 Å². The van der Waals surface area contributed by atoms with Gasteiger partial charge in [-0.3, -0.25) is 0 Å². The van der Waals surface area contributed by atoms with E-state index in [-0.39, 0.29) is 23.1 Å². The van der Waals surface area contributed by atoms with E-state index in [0.717, 1.165) is 18.2 Å². The van der Waals surface area contributed by atoms with Gasteiger partial charge in [0.1, 0.15) is 6.10 Å². The molecule has 0 fully saturated rings. The van der Waals surface area contributed by atoms with Crippen LogP contribution in [0.5, 0.6) is 0 Å². The molecule has 0 aromatic heterocycles. The number of aliphatic hydroxyl groups excluding tert-OH is 2. The third-order valence-corrected chi connectivity index (χ3v) is 2.90. The van der Waals surface area contributed by atoms with Crippen LogP contribution in [0.15, 0.2) is 18.2 Å². The predicted molar refractivity (Wildman–Crippen MR) is 69.8 cm³/mol.